The SMILES string of the molecule is O=C(O)CC/C=C\CO[C@H]1C(OCc2ccc(-c3ccc(CO)cc3)cc2)CC[C@@H]1N1CCCCCC1. The molecule has 1 heterocycles. The van der Waals surface area contributed by atoms with E-state index >= 15 is 0 Å². The van der Waals surface area contributed by atoms with Crippen LogP contribution in [0.5, 0.6) is 0 Å². The van der Waals surface area contributed by atoms with Gasteiger partial charge >= 0.3 is 5.97 Å². The van der Waals surface area contributed by atoms with E-state index in [2.05, 4.69) is 29.2 Å². The summed E-state index contributed by atoms with van der Waals surface area (Å²) in [7, 11) is 0. The Hall–Kier alpha value is -2.51. The van der Waals surface area contributed by atoms with Gasteiger partial charge in [-0.15, -0.1) is 0 Å². The number of carboxylic acids is 1. The number of carboxylic acid groups (broad SMARTS) is 1. The number of carbonyl (C=O) groups is 1. The number of hydrogen-bond donors (Lipinski definition) is 2. The van der Waals surface area contributed by atoms with Gasteiger partial charge in [0.1, 0.15) is 0 Å². The van der Waals surface area contributed by atoms with Crippen molar-refractivity contribution in [2.75, 3.05) is 19.7 Å². The number of nitrogens with zero attached hydrogens (tertiary/aromatic N) is 1. The van der Waals surface area contributed by atoms with Crippen LogP contribution in [0.4, 0.5) is 0 Å². The number of benzene rings is 2. The fraction of sp³-hybridized carbons (Fsp3) is 0.516. The Morgan fingerprint density at radius 2 is 1.51 bits per heavy atom. The summed E-state index contributed by atoms with van der Waals surface area (Å²) < 4.78 is 12.9. The minimum atomic E-state index is -0.774. The van der Waals surface area contributed by atoms with Crippen LogP contribution in [0.2, 0.25) is 0 Å². The molecule has 2 aliphatic rings. The molecule has 2 N–H and O–H groups in total. The maximum Gasteiger partial charge on any atom is 0.303 e. The van der Waals surface area contributed by atoms with Gasteiger partial charge in [-0.1, -0.05) is 73.5 Å². The number of aliphatic hydroxyl groups excluding tert-OH is 1. The van der Waals surface area contributed by atoms with Gasteiger partial charge in [-0.3, -0.25) is 9.69 Å². The zero-order valence-corrected chi connectivity index (χ0v) is 21.8. The van der Waals surface area contributed by atoms with Gasteiger partial charge in [-0.2, -0.15) is 0 Å². The maximum absolute atomic E-state index is 10.7. The van der Waals surface area contributed by atoms with Gasteiger partial charge in [0, 0.05) is 12.5 Å². The highest BCUT2D eigenvalue weighted by Gasteiger charge is 2.40. The highest BCUT2D eigenvalue weighted by Crippen LogP contribution is 2.32. The summed E-state index contributed by atoms with van der Waals surface area (Å²) in [4.78, 5) is 13.4. The van der Waals surface area contributed by atoms with Gasteiger partial charge in [-0.25, -0.2) is 0 Å². The average Bonchev–Trinajstić information content (AvgIpc) is 3.12. The van der Waals surface area contributed by atoms with E-state index in [1.54, 1.807) is 0 Å². The van der Waals surface area contributed by atoms with Crippen molar-refractivity contribution in [3.05, 3.63) is 71.8 Å². The Kier molecular flexibility index (Phi) is 10.7. The molecule has 2 aromatic rings. The van der Waals surface area contributed by atoms with Crippen LogP contribution >= 0.6 is 0 Å². The standard InChI is InChI=1S/C31H41NO5/c33-22-24-9-13-26(14-10-24)27-15-11-25(12-16-27)23-37-29-18-17-28(32-19-5-1-2-6-20-32)31(29)36-21-7-3-4-8-30(34)35/h3,7,9-16,28-29,31,33H,1-2,4-6,8,17-23H2,(H,34,35)/b7-3-/t28-,29?,31+/m0/s1. The number of ether oxygens (including phenoxy) is 2. The van der Waals surface area contributed by atoms with E-state index in [4.69, 9.17) is 14.6 Å². The summed E-state index contributed by atoms with van der Waals surface area (Å²) in [6.07, 6.45) is 11.8. The highest BCUT2D eigenvalue weighted by atomic mass is 16.5. The molecule has 1 saturated heterocycles. The van der Waals surface area contributed by atoms with Gasteiger partial charge in [-0.05, 0) is 67.4 Å². The first kappa shape index (κ1) is 27.5. The van der Waals surface area contributed by atoms with Crippen LogP contribution in [0.15, 0.2) is 60.7 Å². The number of likely N-dealkylation sites (tertiary alicyclic amines) is 1. The molecule has 200 valence electrons. The molecular weight excluding hydrogens is 466 g/mol. The minimum Gasteiger partial charge on any atom is -0.481 e. The molecule has 2 aromatic carbocycles. The van der Waals surface area contributed by atoms with Crippen molar-refractivity contribution < 1.29 is 24.5 Å². The van der Waals surface area contributed by atoms with Crippen molar-refractivity contribution in [3.63, 3.8) is 0 Å². The number of rotatable bonds is 12. The Morgan fingerprint density at radius 3 is 2.14 bits per heavy atom. The fourth-order valence-electron chi connectivity index (χ4n) is 5.48. The molecule has 37 heavy (non-hydrogen) atoms. The molecule has 4 rings (SSSR count). The van der Waals surface area contributed by atoms with Crippen LogP contribution < -0.4 is 0 Å². The van der Waals surface area contributed by atoms with Crippen LogP contribution in [0.25, 0.3) is 11.1 Å². The average molecular weight is 508 g/mol. The quantitative estimate of drug-likeness (QED) is 0.366. The van der Waals surface area contributed by atoms with Gasteiger partial charge in [0.05, 0.1) is 32.0 Å². The summed E-state index contributed by atoms with van der Waals surface area (Å²) >= 11 is 0. The normalized spacial score (nSPS) is 22.9. The fourth-order valence-corrected chi connectivity index (χ4v) is 5.48. The molecule has 1 aliphatic heterocycles. The predicted molar refractivity (Wildman–Crippen MR) is 145 cm³/mol. The molecule has 2 fully saturated rings. The molecule has 0 bridgehead atoms. The molecule has 0 amide bonds. The van der Waals surface area contributed by atoms with Crippen molar-refractivity contribution in [2.24, 2.45) is 0 Å². The molecule has 3 atom stereocenters. The lowest BCUT2D eigenvalue weighted by atomic mass is 10.0. The van der Waals surface area contributed by atoms with Gasteiger partial charge < -0.3 is 19.7 Å². The van der Waals surface area contributed by atoms with Gasteiger partial charge in [0.15, 0.2) is 0 Å². The van der Waals surface area contributed by atoms with E-state index in [-0.39, 0.29) is 25.2 Å². The highest BCUT2D eigenvalue weighted by molar-refractivity contribution is 5.66. The summed E-state index contributed by atoms with van der Waals surface area (Å²) in [5.41, 5.74) is 4.33. The zero-order chi connectivity index (χ0) is 25.9. The third-order valence-corrected chi connectivity index (χ3v) is 7.57. The van der Waals surface area contributed by atoms with Crippen LogP contribution in [-0.2, 0) is 27.5 Å². The van der Waals surface area contributed by atoms with E-state index in [0.29, 0.717) is 25.7 Å². The number of aliphatic carboxylic acids is 1. The number of allylic oxidation sites excluding steroid dienone is 1. The molecule has 1 saturated carbocycles. The van der Waals surface area contributed by atoms with Gasteiger partial charge in [0.2, 0.25) is 0 Å². The van der Waals surface area contributed by atoms with E-state index in [9.17, 15) is 9.90 Å². The lowest BCUT2D eigenvalue weighted by molar-refractivity contribution is -0.136. The molecular formula is C31H41NO5. The summed E-state index contributed by atoms with van der Waals surface area (Å²) in [6, 6.07) is 16.8. The monoisotopic (exact) mass is 507 g/mol. The van der Waals surface area contributed by atoms with Crippen LogP contribution in [0.3, 0.4) is 0 Å². The maximum atomic E-state index is 10.7. The minimum absolute atomic E-state index is 0.0199. The summed E-state index contributed by atoms with van der Waals surface area (Å²) in [5, 5.41) is 18.1. The van der Waals surface area contributed by atoms with Crippen molar-refractivity contribution in [1.82, 2.24) is 4.90 Å². The van der Waals surface area contributed by atoms with Crippen LogP contribution in [0.1, 0.15) is 62.5 Å². The first-order valence-electron chi connectivity index (χ1n) is 13.8. The van der Waals surface area contributed by atoms with Crippen molar-refractivity contribution >= 4 is 5.97 Å². The number of aliphatic hydroxyl groups is 1. The lowest BCUT2D eigenvalue weighted by Crippen LogP contribution is -2.45. The third-order valence-electron chi connectivity index (χ3n) is 7.57. The Labute approximate surface area is 220 Å². The van der Waals surface area contributed by atoms with E-state index in [0.717, 1.165) is 48.2 Å². The molecule has 6 heteroatoms. The molecule has 0 spiro atoms. The number of hydrogen-bond acceptors (Lipinski definition) is 5. The summed E-state index contributed by atoms with van der Waals surface area (Å²) in [6.45, 7) is 3.36. The summed E-state index contributed by atoms with van der Waals surface area (Å²) in [5.74, 6) is -0.774. The second-order valence-electron chi connectivity index (χ2n) is 10.2. The first-order chi connectivity index (χ1) is 18.1. The Morgan fingerprint density at radius 1 is 0.865 bits per heavy atom. The van der Waals surface area contributed by atoms with Crippen molar-refractivity contribution in [2.45, 2.75) is 82.8 Å². The van der Waals surface area contributed by atoms with E-state index in [1.807, 2.05) is 36.4 Å². The largest absolute Gasteiger partial charge is 0.481 e. The molecule has 6 nitrogen and oxygen atoms in total. The smallest absolute Gasteiger partial charge is 0.303 e. The Balaban J connectivity index is 1.35. The molecule has 0 aromatic heterocycles. The van der Waals surface area contributed by atoms with Crippen molar-refractivity contribution in [3.8, 4) is 11.1 Å². The molecule has 1 unspecified atom stereocenters. The van der Waals surface area contributed by atoms with Gasteiger partial charge in [0.25, 0.3) is 0 Å². The van der Waals surface area contributed by atoms with E-state index in [1.165, 1.54) is 25.7 Å². The Bertz CT molecular complexity index is 980. The van der Waals surface area contributed by atoms with Crippen molar-refractivity contribution in [1.29, 1.82) is 0 Å². The molecule has 0 radical (unpaired) electrons. The van der Waals surface area contributed by atoms with Crippen LogP contribution in [0, 0.1) is 0 Å². The van der Waals surface area contributed by atoms with Crippen LogP contribution in [-0.4, -0.2) is 59.0 Å². The topological polar surface area (TPSA) is 79.2 Å². The second kappa shape index (κ2) is 14.4. The van der Waals surface area contributed by atoms with E-state index < -0.39 is 5.97 Å². The first-order valence-corrected chi connectivity index (χ1v) is 13.8. The lowest BCUT2D eigenvalue weighted by Gasteiger charge is -2.33. The second-order valence-corrected chi connectivity index (χ2v) is 10.2. The zero-order valence-electron chi connectivity index (χ0n) is 21.8. The molecule has 1 aliphatic carbocycles. The predicted octanol–water partition coefficient (Wildman–Crippen LogP) is 5.58. The third kappa shape index (κ3) is 8.24.